The van der Waals surface area contributed by atoms with Crippen LogP contribution in [0.5, 0.6) is 0 Å². The number of aromatic nitrogens is 3. The minimum Gasteiger partial charge on any atom is -0.469 e. The second-order valence-electron chi connectivity index (χ2n) is 3.80. The van der Waals surface area contributed by atoms with Crippen LogP contribution in [0.15, 0.2) is 43.0 Å². The van der Waals surface area contributed by atoms with Crippen LogP contribution in [0.1, 0.15) is 11.4 Å². The van der Waals surface area contributed by atoms with Crippen LogP contribution in [-0.4, -0.2) is 23.0 Å². The molecule has 0 aliphatic heterocycles. The van der Waals surface area contributed by atoms with Crippen LogP contribution in [0, 0.1) is 0 Å². The Labute approximate surface area is 105 Å². The van der Waals surface area contributed by atoms with E-state index in [1.165, 1.54) is 7.11 Å². The first-order valence-electron chi connectivity index (χ1n) is 5.58. The zero-order valence-electron chi connectivity index (χ0n) is 10.1. The molecule has 2 aromatic heterocycles. The molecule has 18 heavy (non-hydrogen) atoms. The summed E-state index contributed by atoms with van der Waals surface area (Å²) in [5.74, 6) is 0.487. The minimum absolute atomic E-state index is 0.247. The summed E-state index contributed by atoms with van der Waals surface area (Å²) in [4.78, 5) is 19.5. The van der Waals surface area contributed by atoms with E-state index < -0.39 is 0 Å². The summed E-state index contributed by atoms with van der Waals surface area (Å²) >= 11 is 0. The van der Waals surface area contributed by atoms with Crippen LogP contribution >= 0.6 is 0 Å². The Morgan fingerprint density at radius 3 is 2.83 bits per heavy atom. The topological polar surface area (TPSA) is 56.0 Å². The van der Waals surface area contributed by atoms with Gasteiger partial charge in [0, 0.05) is 24.0 Å². The van der Waals surface area contributed by atoms with Crippen LogP contribution in [0.25, 0.3) is 0 Å². The van der Waals surface area contributed by atoms with Gasteiger partial charge in [0.25, 0.3) is 0 Å². The number of esters is 1. The van der Waals surface area contributed by atoms with Crippen LogP contribution in [0.4, 0.5) is 0 Å². The van der Waals surface area contributed by atoms with Gasteiger partial charge in [-0.1, -0.05) is 0 Å². The van der Waals surface area contributed by atoms with E-state index in [-0.39, 0.29) is 12.4 Å². The Hall–Kier alpha value is -2.30. The van der Waals surface area contributed by atoms with Crippen LogP contribution in [-0.2, 0) is 22.5 Å². The van der Waals surface area contributed by atoms with E-state index in [0.717, 1.165) is 11.4 Å². The lowest BCUT2D eigenvalue weighted by molar-refractivity contribution is -0.689. The molecule has 2 heterocycles. The maximum Gasteiger partial charge on any atom is 0.310 e. The number of hydrogen-bond acceptors (Lipinski definition) is 4. The lowest BCUT2D eigenvalue weighted by atomic mass is 10.2. The summed E-state index contributed by atoms with van der Waals surface area (Å²) in [6.45, 7) is 0.579. The highest BCUT2D eigenvalue weighted by Gasteiger charge is 2.09. The number of carbonyl (C=O) groups excluding carboxylic acids is 1. The fourth-order valence-corrected chi connectivity index (χ4v) is 1.59. The van der Waals surface area contributed by atoms with Gasteiger partial charge in [-0.3, -0.25) is 4.79 Å². The van der Waals surface area contributed by atoms with Gasteiger partial charge >= 0.3 is 5.97 Å². The minimum atomic E-state index is -0.247. The van der Waals surface area contributed by atoms with Crippen molar-refractivity contribution in [2.24, 2.45) is 0 Å². The summed E-state index contributed by atoms with van der Waals surface area (Å²) in [5, 5.41) is 0. The molecule has 0 spiro atoms. The molecule has 0 unspecified atom stereocenters. The molecule has 0 fully saturated rings. The Balaban J connectivity index is 2.10. The highest BCUT2D eigenvalue weighted by Crippen LogP contribution is 1.98. The second kappa shape index (κ2) is 5.86. The molecule has 2 rings (SSSR count). The van der Waals surface area contributed by atoms with Crippen LogP contribution in [0.2, 0.25) is 0 Å². The molecular formula is C13H14N3O2+. The Bertz CT molecular complexity index is 529. The van der Waals surface area contributed by atoms with Crippen molar-refractivity contribution in [2.45, 2.75) is 13.0 Å². The van der Waals surface area contributed by atoms with E-state index in [4.69, 9.17) is 0 Å². The molecule has 0 atom stereocenters. The van der Waals surface area contributed by atoms with Gasteiger partial charge in [0.2, 0.25) is 6.54 Å². The number of pyridine rings is 1. The quantitative estimate of drug-likeness (QED) is 0.581. The van der Waals surface area contributed by atoms with Gasteiger partial charge in [0.1, 0.15) is 0 Å². The average molecular weight is 244 g/mol. The van der Waals surface area contributed by atoms with E-state index in [1.807, 2.05) is 29.1 Å². The molecule has 0 saturated heterocycles. The van der Waals surface area contributed by atoms with Gasteiger partial charge in [0.15, 0.2) is 18.2 Å². The Morgan fingerprint density at radius 1 is 1.33 bits per heavy atom. The normalized spacial score (nSPS) is 10.1. The number of nitrogens with zero attached hydrogens (tertiary/aromatic N) is 3. The van der Waals surface area contributed by atoms with E-state index in [0.29, 0.717) is 6.54 Å². The molecule has 0 aliphatic carbocycles. The third-order valence-corrected chi connectivity index (χ3v) is 2.44. The predicted octanol–water partition coefficient (Wildman–Crippen LogP) is 0.528. The maximum atomic E-state index is 11.2. The van der Waals surface area contributed by atoms with Crippen LogP contribution in [0.3, 0.4) is 0 Å². The standard InChI is InChI=1S/C13H14N3O2/c1-18-13(17)8-11-4-2-7-16(9-11)10-12-14-5-3-6-15-12/h2-7,9H,8,10H2,1H3/q+1. The molecule has 92 valence electrons. The van der Waals surface area contributed by atoms with Crippen molar-refractivity contribution in [3.05, 3.63) is 54.4 Å². The van der Waals surface area contributed by atoms with E-state index in [2.05, 4.69) is 14.7 Å². The Morgan fingerprint density at radius 2 is 2.11 bits per heavy atom. The molecule has 5 nitrogen and oxygen atoms in total. The van der Waals surface area contributed by atoms with Crippen molar-refractivity contribution >= 4 is 5.97 Å². The van der Waals surface area contributed by atoms with Crippen molar-refractivity contribution in [1.29, 1.82) is 0 Å². The molecule has 0 aliphatic rings. The highest BCUT2D eigenvalue weighted by atomic mass is 16.5. The second-order valence-corrected chi connectivity index (χ2v) is 3.80. The van der Waals surface area contributed by atoms with Gasteiger partial charge in [0.05, 0.1) is 13.5 Å². The molecule has 0 saturated carbocycles. The van der Waals surface area contributed by atoms with E-state index >= 15 is 0 Å². The number of ether oxygens (including phenoxy) is 1. The molecule has 0 aromatic carbocycles. The summed E-state index contributed by atoms with van der Waals surface area (Å²) in [6.07, 6.45) is 7.50. The lowest BCUT2D eigenvalue weighted by Crippen LogP contribution is -2.35. The molecule has 0 bridgehead atoms. The fourth-order valence-electron chi connectivity index (χ4n) is 1.59. The molecule has 2 aromatic rings. The summed E-state index contributed by atoms with van der Waals surface area (Å²) in [6, 6.07) is 5.56. The van der Waals surface area contributed by atoms with Crippen molar-refractivity contribution in [3.63, 3.8) is 0 Å². The average Bonchev–Trinajstić information content (AvgIpc) is 2.40. The molecule has 5 heteroatoms. The number of methoxy groups -OCH3 is 1. The smallest absolute Gasteiger partial charge is 0.310 e. The predicted molar refractivity (Wildman–Crippen MR) is 63.5 cm³/mol. The number of hydrogen-bond donors (Lipinski definition) is 0. The van der Waals surface area contributed by atoms with Gasteiger partial charge in [-0.15, -0.1) is 0 Å². The van der Waals surface area contributed by atoms with E-state index in [1.54, 1.807) is 18.5 Å². The van der Waals surface area contributed by atoms with Crippen molar-refractivity contribution in [1.82, 2.24) is 9.97 Å². The van der Waals surface area contributed by atoms with Gasteiger partial charge in [-0.05, 0) is 12.1 Å². The highest BCUT2D eigenvalue weighted by molar-refractivity contribution is 5.72. The first-order valence-corrected chi connectivity index (χ1v) is 5.58. The summed E-state index contributed by atoms with van der Waals surface area (Å²) < 4.78 is 6.58. The largest absolute Gasteiger partial charge is 0.469 e. The summed E-state index contributed by atoms with van der Waals surface area (Å²) in [7, 11) is 1.39. The molecule has 0 amide bonds. The first-order chi connectivity index (χ1) is 8.78. The molecule has 0 radical (unpaired) electrons. The fraction of sp³-hybridized carbons (Fsp3) is 0.231. The van der Waals surface area contributed by atoms with Gasteiger partial charge in [-0.25, -0.2) is 9.97 Å². The lowest BCUT2D eigenvalue weighted by Gasteiger charge is -2.00. The first kappa shape index (κ1) is 12.2. The van der Waals surface area contributed by atoms with Gasteiger partial charge < -0.3 is 4.74 Å². The monoisotopic (exact) mass is 244 g/mol. The summed E-state index contributed by atoms with van der Waals surface area (Å²) in [5.41, 5.74) is 0.903. The van der Waals surface area contributed by atoms with Gasteiger partial charge in [-0.2, -0.15) is 4.57 Å². The Kier molecular flexibility index (Phi) is 3.96. The SMILES string of the molecule is COC(=O)Cc1ccc[n+](Cc2ncccn2)c1. The van der Waals surface area contributed by atoms with Crippen molar-refractivity contribution in [3.8, 4) is 0 Å². The van der Waals surface area contributed by atoms with Crippen molar-refractivity contribution in [2.75, 3.05) is 7.11 Å². The molecule has 0 N–H and O–H groups in total. The zero-order chi connectivity index (χ0) is 12.8. The maximum absolute atomic E-state index is 11.2. The molecular weight excluding hydrogens is 230 g/mol. The zero-order valence-corrected chi connectivity index (χ0v) is 10.1. The van der Waals surface area contributed by atoms with Crippen LogP contribution < -0.4 is 4.57 Å². The third kappa shape index (κ3) is 3.35. The number of rotatable bonds is 4. The number of carbonyl (C=O) groups is 1. The van der Waals surface area contributed by atoms with E-state index in [9.17, 15) is 4.79 Å². The van der Waals surface area contributed by atoms with Crippen molar-refractivity contribution < 1.29 is 14.1 Å². The third-order valence-electron chi connectivity index (χ3n) is 2.44.